The van der Waals surface area contributed by atoms with Gasteiger partial charge >= 0.3 is 0 Å². The Labute approximate surface area is 102 Å². The molecule has 0 fully saturated rings. The standard InChI is InChI=1S/C11H19ClN4/c1-8(2)16(7-5-6-12)11-13-9(3)10(4)14-15-11/h8H,5-7H2,1-4H3. The zero-order valence-corrected chi connectivity index (χ0v) is 11.1. The van der Waals surface area contributed by atoms with Crippen LogP contribution in [0, 0.1) is 13.8 Å². The predicted octanol–water partition coefficient (Wildman–Crippen LogP) is 2.33. The Morgan fingerprint density at radius 3 is 2.38 bits per heavy atom. The molecular formula is C11H19ClN4. The molecule has 1 aromatic rings. The second-order valence-corrected chi connectivity index (χ2v) is 4.49. The normalized spacial score (nSPS) is 10.9. The van der Waals surface area contributed by atoms with E-state index < -0.39 is 0 Å². The predicted molar refractivity (Wildman–Crippen MR) is 67.1 cm³/mol. The SMILES string of the molecule is Cc1nnc(N(CCCCl)C(C)C)nc1C. The summed E-state index contributed by atoms with van der Waals surface area (Å²) in [6.45, 7) is 8.97. The number of aromatic nitrogens is 3. The topological polar surface area (TPSA) is 41.9 Å². The van der Waals surface area contributed by atoms with E-state index in [1.807, 2.05) is 13.8 Å². The quantitative estimate of drug-likeness (QED) is 0.744. The number of halogens is 1. The highest BCUT2D eigenvalue weighted by Crippen LogP contribution is 2.12. The lowest BCUT2D eigenvalue weighted by molar-refractivity contribution is 0.641. The molecule has 1 rings (SSSR count). The van der Waals surface area contributed by atoms with E-state index in [1.54, 1.807) is 0 Å². The van der Waals surface area contributed by atoms with Gasteiger partial charge in [-0.05, 0) is 34.1 Å². The Hall–Kier alpha value is -0.900. The van der Waals surface area contributed by atoms with Crippen LogP contribution in [0.5, 0.6) is 0 Å². The van der Waals surface area contributed by atoms with Crippen LogP contribution in [0.4, 0.5) is 5.95 Å². The third-order valence-electron chi connectivity index (χ3n) is 2.49. The first kappa shape index (κ1) is 13.2. The average molecular weight is 243 g/mol. The maximum atomic E-state index is 5.71. The average Bonchev–Trinajstić information content (AvgIpc) is 2.23. The van der Waals surface area contributed by atoms with Crippen LogP contribution in [0.3, 0.4) is 0 Å². The number of nitrogens with zero attached hydrogens (tertiary/aromatic N) is 4. The minimum atomic E-state index is 0.354. The molecule has 0 N–H and O–H groups in total. The van der Waals surface area contributed by atoms with Crippen molar-refractivity contribution in [3.63, 3.8) is 0 Å². The van der Waals surface area contributed by atoms with Gasteiger partial charge in [0, 0.05) is 18.5 Å². The van der Waals surface area contributed by atoms with Crippen LogP contribution in [0.25, 0.3) is 0 Å². The van der Waals surface area contributed by atoms with Gasteiger partial charge in [0.2, 0.25) is 5.95 Å². The summed E-state index contributed by atoms with van der Waals surface area (Å²) in [6, 6.07) is 0.354. The molecule has 90 valence electrons. The molecule has 0 radical (unpaired) electrons. The highest BCUT2D eigenvalue weighted by atomic mass is 35.5. The van der Waals surface area contributed by atoms with E-state index >= 15 is 0 Å². The molecule has 0 unspecified atom stereocenters. The van der Waals surface area contributed by atoms with Gasteiger partial charge in [0.25, 0.3) is 0 Å². The molecule has 0 aliphatic heterocycles. The Morgan fingerprint density at radius 1 is 1.19 bits per heavy atom. The minimum Gasteiger partial charge on any atom is -0.337 e. The van der Waals surface area contributed by atoms with E-state index in [9.17, 15) is 0 Å². The molecule has 0 atom stereocenters. The first-order chi connectivity index (χ1) is 7.56. The van der Waals surface area contributed by atoms with E-state index in [0.717, 1.165) is 24.4 Å². The lowest BCUT2D eigenvalue weighted by Crippen LogP contribution is -2.34. The third kappa shape index (κ3) is 3.30. The van der Waals surface area contributed by atoms with Gasteiger partial charge in [-0.25, -0.2) is 4.98 Å². The largest absolute Gasteiger partial charge is 0.337 e. The van der Waals surface area contributed by atoms with Crippen molar-refractivity contribution in [2.45, 2.75) is 40.2 Å². The summed E-state index contributed by atoms with van der Waals surface area (Å²) in [6.07, 6.45) is 0.927. The Kier molecular flexibility index (Phi) is 4.93. The van der Waals surface area contributed by atoms with Crippen molar-refractivity contribution in [3.8, 4) is 0 Å². The number of rotatable bonds is 5. The van der Waals surface area contributed by atoms with Crippen LogP contribution in [0.2, 0.25) is 0 Å². The Balaban J connectivity index is 2.88. The van der Waals surface area contributed by atoms with E-state index in [4.69, 9.17) is 11.6 Å². The molecule has 0 saturated carbocycles. The van der Waals surface area contributed by atoms with Crippen LogP contribution >= 0.6 is 11.6 Å². The molecule has 0 spiro atoms. The van der Waals surface area contributed by atoms with Gasteiger partial charge in [-0.3, -0.25) is 0 Å². The highest BCUT2D eigenvalue weighted by molar-refractivity contribution is 6.17. The van der Waals surface area contributed by atoms with Crippen LogP contribution in [0.15, 0.2) is 0 Å². The Morgan fingerprint density at radius 2 is 1.88 bits per heavy atom. The molecule has 16 heavy (non-hydrogen) atoms. The van der Waals surface area contributed by atoms with E-state index in [-0.39, 0.29) is 0 Å². The van der Waals surface area contributed by atoms with E-state index in [1.165, 1.54) is 0 Å². The first-order valence-electron chi connectivity index (χ1n) is 5.56. The molecule has 5 heteroatoms. The molecule has 0 saturated heterocycles. The summed E-state index contributed by atoms with van der Waals surface area (Å²) in [5.74, 6) is 1.35. The van der Waals surface area contributed by atoms with Crippen LogP contribution in [0.1, 0.15) is 31.7 Å². The molecular weight excluding hydrogens is 224 g/mol. The summed E-state index contributed by atoms with van der Waals surface area (Å²) in [7, 11) is 0. The number of alkyl halides is 1. The molecule has 0 aromatic carbocycles. The smallest absolute Gasteiger partial charge is 0.245 e. The fourth-order valence-electron chi connectivity index (χ4n) is 1.39. The lowest BCUT2D eigenvalue weighted by atomic mass is 10.3. The number of hydrogen-bond acceptors (Lipinski definition) is 4. The van der Waals surface area contributed by atoms with Crippen LogP contribution in [-0.2, 0) is 0 Å². The third-order valence-corrected chi connectivity index (χ3v) is 2.76. The van der Waals surface area contributed by atoms with Gasteiger partial charge in [0.1, 0.15) is 0 Å². The molecule has 4 nitrogen and oxygen atoms in total. The summed E-state index contributed by atoms with van der Waals surface area (Å²) < 4.78 is 0. The second kappa shape index (κ2) is 5.99. The fraction of sp³-hybridized carbons (Fsp3) is 0.727. The van der Waals surface area contributed by atoms with Crippen molar-refractivity contribution in [3.05, 3.63) is 11.4 Å². The van der Waals surface area contributed by atoms with Gasteiger partial charge in [0.15, 0.2) is 0 Å². The van der Waals surface area contributed by atoms with Crippen molar-refractivity contribution < 1.29 is 0 Å². The molecule has 0 aliphatic carbocycles. The molecule has 0 aliphatic rings. The summed E-state index contributed by atoms with van der Waals surface area (Å²) in [4.78, 5) is 6.58. The van der Waals surface area contributed by atoms with Crippen molar-refractivity contribution in [2.24, 2.45) is 0 Å². The van der Waals surface area contributed by atoms with Crippen molar-refractivity contribution >= 4 is 17.5 Å². The van der Waals surface area contributed by atoms with Gasteiger partial charge in [0.05, 0.1) is 11.4 Å². The highest BCUT2D eigenvalue weighted by Gasteiger charge is 2.14. The molecule has 0 amide bonds. The van der Waals surface area contributed by atoms with Crippen molar-refractivity contribution in [1.29, 1.82) is 0 Å². The van der Waals surface area contributed by atoms with Gasteiger partial charge in [-0.15, -0.1) is 16.7 Å². The van der Waals surface area contributed by atoms with Crippen LogP contribution < -0.4 is 4.90 Å². The van der Waals surface area contributed by atoms with Gasteiger partial charge in [-0.1, -0.05) is 0 Å². The minimum absolute atomic E-state index is 0.354. The maximum Gasteiger partial charge on any atom is 0.245 e. The Bertz CT molecular complexity index is 341. The zero-order valence-electron chi connectivity index (χ0n) is 10.4. The monoisotopic (exact) mass is 242 g/mol. The van der Waals surface area contributed by atoms with Crippen molar-refractivity contribution in [1.82, 2.24) is 15.2 Å². The second-order valence-electron chi connectivity index (χ2n) is 4.11. The molecule has 1 aromatic heterocycles. The number of hydrogen-bond donors (Lipinski definition) is 0. The van der Waals surface area contributed by atoms with Crippen LogP contribution in [-0.4, -0.2) is 33.6 Å². The van der Waals surface area contributed by atoms with Gasteiger partial charge < -0.3 is 4.90 Å². The molecule has 1 heterocycles. The summed E-state index contributed by atoms with van der Waals surface area (Å²) >= 11 is 5.71. The lowest BCUT2D eigenvalue weighted by Gasteiger charge is -2.26. The van der Waals surface area contributed by atoms with Gasteiger partial charge in [-0.2, -0.15) is 5.10 Å². The summed E-state index contributed by atoms with van der Waals surface area (Å²) in [5.41, 5.74) is 1.81. The number of aryl methyl sites for hydroxylation is 2. The molecule has 0 bridgehead atoms. The summed E-state index contributed by atoms with van der Waals surface area (Å²) in [5, 5.41) is 8.24. The van der Waals surface area contributed by atoms with E-state index in [0.29, 0.717) is 17.9 Å². The first-order valence-corrected chi connectivity index (χ1v) is 6.10. The fourth-order valence-corrected chi connectivity index (χ4v) is 1.51. The van der Waals surface area contributed by atoms with Crippen molar-refractivity contribution in [2.75, 3.05) is 17.3 Å². The zero-order chi connectivity index (χ0) is 12.1. The van der Waals surface area contributed by atoms with E-state index in [2.05, 4.69) is 33.9 Å². The number of anilines is 1. The maximum absolute atomic E-state index is 5.71.